The summed E-state index contributed by atoms with van der Waals surface area (Å²) in [4.78, 5) is 6.97. The van der Waals surface area contributed by atoms with Crippen molar-refractivity contribution < 1.29 is 28.4 Å². The molecule has 19 aromatic rings. The molecular weight excluding hydrogens is 1640 g/mol. The molecule has 640 valence electrons. The number of fused-ring (bicyclic) bond motifs is 20. The van der Waals surface area contributed by atoms with Gasteiger partial charge < -0.3 is 43.1 Å². The zero-order valence-electron chi connectivity index (χ0n) is 76.3. The van der Waals surface area contributed by atoms with Crippen molar-refractivity contribution in [1.29, 1.82) is 0 Å². The van der Waals surface area contributed by atoms with E-state index in [1.807, 2.05) is 0 Å². The van der Waals surface area contributed by atoms with Gasteiger partial charge in [-0.3, -0.25) is 0 Å². The van der Waals surface area contributed by atoms with E-state index in [-0.39, 0.29) is 31.0 Å². The van der Waals surface area contributed by atoms with Crippen LogP contribution in [0, 0.1) is 41.5 Å². The molecule has 19 aromatic carbocycles. The highest BCUT2D eigenvalue weighted by atomic mass is 16.5. The van der Waals surface area contributed by atoms with Crippen LogP contribution in [0.5, 0.6) is 69.0 Å². The van der Waals surface area contributed by atoms with Crippen molar-refractivity contribution in [2.75, 3.05) is 14.7 Å². The topological polar surface area (TPSA) is 65.1 Å². The second-order valence-electron chi connectivity index (χ2n) is 38.3. The van der Waals surface area contributed by atoms with E-state index < -0.39 is 0 Å². The fourth-order valence-corrected chi connectivity index (χ4v) is 22.3. The third-order valence-electron chi connectivity index (χ3n) is 28.8. The lowest BCUT2D eigenvalue weighted by Gasteiger charge is -2.35. The van der Waals surface area contributed by atoms with Crippen molar-refractivity contribution in [3.05, 3.63) is 432 Å². The number of ether oxygens (including phenoxy) is 6. The Kier molecular flexibility index (Phi) is 18.5. The van der Waals surface area contributed by atoms with Crippen molar-refractivity contribution in [1.82, 2.24) is 0 Å². The molecule has 0 aromatic heterocycles. The predicted octanol–water partition coefficient (Wildman–Crippen LogP) is 26.4. The van der Waals surface area contributed by atoms with E-state index in [4.69, 9.17) is 28.4 Å². The van der Waals surface area contributed by atoms with Gasteiger partial charge in [0.15, 0.2) is 0 Å². The van der Waals surface area contributed by atoms with E-state index in [1.54, 1.807) is 0 Å². The number of benzene rings is 19. The highest BCUT2D eigenvalue weighted by molar-refractivity contribution is 6.99. The van der Waals surface area contributed by atoms with Gasteiger partial charge in [0.1, 0.15) is 69.0 Å². The third kappa shape index (κ3) is 13.1. The van der Waals surface area contributed by atoms with Gasteiger partial charge in [0.2, 0.25) is 0 Å². The van der Waals surface area contributed by atoms with Crippen molar-refractivity contribution in [3.8, 4) is 91.2 Å². The molecule has 0 spiro atoms. The van der Waals surface area contributed by atoms with Gasteiger partial charge in [-0.05, 0) is 261 Å². The minimum atomic E-state index is -0.102. The normalized spacial score (nSPS) is 13.7. The summed E-state index contributed by atoms with van der Waals surface area (Å²) < 4.78 is 40.4. The zero-order valence-corrected chi connectivity index (χ0v) is 76.3. The Balaban J connectivity index is 0.000000107. The second kappa shape index (κ2) is 30.9. The molecule has 0 radical (unpaired) electrons. The first-order valence-electron chi connectivity index (χ1n) is 46.5. The van der Waals surface area contributed by atoms with Crippen LogP contribution >= 0.6 is 0 Å². The monoisotopic (exact) mass is 1730 g/mol. The zero-order chi connectivity index (χ0) is 90.3. The molecule has 6 aliphatic heterocycles. The second-order valence-corrected chi connectivity index (χ2v) is 38.3. The molecule has 0 saturated heterocycles. The first-order chi connectivity index (χ1) is 65.3. The Morgan fingerprint density at radius 2 is 0.448 bits per heavy atom. The van der Waals surface area contributed by atoms with Gasteiger partial charge in [-0.1, -0.05) is 280 Å². The van der Waals surface area contributed by atoms with Crippen LogP contribution < -0.4 is 92.3 Å². The average molecular weight is 1730 g/mol. The van der Waals surface area contributed by atoms with Gasteiger partial charge in [0.05, 0.1) is 17.1 Å². The summed E-state index contributed by atoms with van der Waals surface area (Å²) in [6.45, 7) is 22.3. The molecular formula is C122H92B3N3O6. The molecule has 0 bridgehead atoms. The molecule has 0 unspecified atom stereocenters. The van der Waals surface area contributed by atoms with Crippen molar-refractivity contribution in [2.45, 2.75) is 80.1 Å². The van der Waals surface area contributed by atoms with E-state index in [1.165, 1.54) is 132 Å². The Hall–Kier alpha value is -15.9. The maximum absolute atomic E-state index is 6.75. The van der Waals surface area contributed by atoms with E-state index in [2.05, 4.69) is 460 Å². The van der Waals surface area contributed by atoms with E-state index in [0.29, 0.717) is 0 Å². The number of hydrogen-bond donors (Lipinski definition) is 0. The molecule has 0 saturated carbocycles. The molecule has 9 nitrogen and oxygen atoms in total. The van der Waals surface area contributed by atoms with Gasteiger partial charge in [0.25, 0.3) is 20.1 Å². The number of rotatable bonds is 9. The predicted molar refractivity (Wildman–Crippen MR) is 555 cm³/mol. The molecule has 2 aliphatic carbocycles. The summed E-state index contributed by atoms with van der Waals surface area (Å²) >= 11 is 0. The molecule has 0 atom stereocenters. The Morgan fingerprint density at radius 3 is 0.806 bits per heavy atom. The molecule has 0 fully saturated rings. The highest BCUT2D eigenvalue weighted by Crippen LogP contribution is 2.55. The molecule has 27 rings (SSSR count). The Labute approximate surface area is 782 Å². The van der Waals surface area contributed by atoms with Crippen LogP contribution in [0.1, 0.15) is 83.3 Å². The Bertz CT molecular complexity index is 7860. The van der Waals surface area contributed by atoms with Gasteiger partial charge in [0, 0.05) is 97.7 Å². The lowest BCUT2D eigenvalue weighted by Crippen LogP contribution is -2.57. The van der Waals surface area contributed by atoms with Gasteiger partial charge in [-0.25, -0.2) is 0 Å². The van der Waals surface area contributed by atoms with Crippen LogP contribution in [0.25, 0.3) is 43.8 Å². The summed E-state index contributed by atoms with van der Waals surface area (Å²) in [5.41, 5.74) is 37.5. The van der Waals surface area contributed by atoms with Crippen molar-refractivity contribution in [2.24, 2.45) is 0 Å². The number of hydrogen-bond acceptors (Lipinski definition) is 9. The minimum Gasteiger partial charge on any atom is -0.458 e. The fraction of sp³-hybridized carbons (Fsp3) is 0.0984. The van der Waals surface area contributed by atoms with Gasteiger partial charge >= 0.3 is 0 Å². The Morgan fingerprint density at radius 1 is 0.179 bits per heavy atom. The van der Waals surface area contributed by atoms with Gasteiger partial charge in [-0.15, -0.1) is 0 Å². The van der Waals surface area contributed by atoms with E-state index in [9.17, 15) is 0 Å². The van der Waals surface area contributed by atoms with Crippen molar-refractivity contribution >= 4 is 142 Å². The van der Waals surface area contributed by atoms with E-state index in [0.717, 1.165) is 137 Å². The minimum absolute atomic E-state index is 0.0381. The quantitative estimate of drug-likeness (QED) is 0.132. The van der Waals surface area contributed by atoms with Crippen LogP contribution in [-0.2, 0) is 10.8 Å². The van der Waals surface area contributed by atoms with Crippen LogP contribution in [0.15, 0.2) is 376 Å². The average Bonchev–Trinajstić information content (AvgIpc) is 0.821. The van der Waals surface area contributed by atoms with Crippen LogP contribution in [0.4, 0.5) is 51.2 Å². The first-order valence-corrected chi connectivity index (χ1v) is 46.5. The van der Waals surface area contributed by atoms with E-state index >= 15 is 0 Å². The number of nitrogens with zero attached hydrogens (tertiary/aromatic N) is 3. The largest absolute Gasteiger partial charge is 0.458 e. The summed E-state index contributed by atoms with van der Waals surface area (Å²) in [6, 6.07) is 135. The smallest absolute Gasteiger partial charge is 0.260 e. The number of para-hydroxylation sites is 2. The van der Waals surface area contributed by atoms with Crippen LogP contribution in [-0.4, -0.2) is 20.1 Å². The molecule has 0 N–H and O–H groups in total. The summed E-state index contributed by atoms with van der Waals surface area (Å²) in [5, 5.41) is 4.81. The SMILES string of the molecule is Cc1ccc2c(c1)B1c3cc(C)ccc3Oc3cc(N(c4ccc5ccccc5c4)c4ccc5ccccc5c4)cc(c31)O2.Cc1ccc2c(c1)B1c3cc(C)ccc3Oc3cc(N(c4ccccc4)c4ccc5c(c4)C(C)(C)c4ccccc4-5)cc(c31)O2.Cc1ccc2c(c1)Oc1cc(N(c3ccccc3)c3ccc4c(c3)C(C)(C)c3ccccc3-4)cc3c1B2c1ccc(C)cc1O3. The lowest BCUT2D eigenvalue weighted by atomic mass is 9.34. The maximum atomic E-state index is 6.75. The molecule has 12 heteroatoms. The summed E-state index contributed by atoms with van der Waals surface area (Å²) in [7, 11) is 0. The molecule has 134 heavy (non-hydrogen) atoms. The van der Waals surface area contributed by atoms with Crippen LogP contribution in [0.3, 0.4) is 0 Å². The molecule has 8 aliphatic rings. The maximum Gasteiger partial charge on any atom is 0.260 e. The fourth-order valence-electron chi connectivity index (χ4n) is 22.3. The summed E-state index contributed by atoms with van der Waals surface area (Å²) in [5.74, 6) is 10.4. The molecule has 6 heterocycles. The number of aryl methyl sites for hydroxylation is 6. The third-order valence-corrected chi connectivity index (χ3v) is 28.8. The number of anilines is 9. The molecule has 0 amide bonds. The lowest BCUT2D eigenvalue weighted by molar-refractivity contribution is 0.464. The highest BCUT2D eigenvalue weighted by Gasteiger charge is 2.46. The van der Waals surface area contributed by atoms with Gasteiger partial charge in [-0.2, -0.15) is 0 Å². The van der Waals surface area contributed by atoms with Crippen LogP contribution in [0.2, 0.25) is 0 Å². The summed E-state index contributed by atoms with van der Waals surface area (Å²) in [6.07, 6.45) is 0. The first kappa shape index (κ1) is 80.2. The van der Waals surface area contributed by atoms with Crippen molar-refractivity contribution in [3.63, 3.8) is 0 Å². The standard InChI is InChI=1S/2C41H32BNO2.C40H28BNO2/c1-25-14-18-36-34(20-25)42-35-21-26(2)15-19-37(35)45-39-24-29(23-38(44-36)40(39)42)43(27-10-6-5-7-11-27)28-16-17-31-30-12-8-9-13-32(30)41(3,4)33(31)22-28;1-25-14-18-34-36(20-25)44-38-23-29(24-39-40(38)42(34)35-19-15-26(2)21-37(35)45-39)43(27-10-6-5-7-11-27)28-16-17-31-30-12-8-9-13-32(30)41(3,4)33(31)22-28;1-25-11-17-36-34(19-25)41-35-20-26(2)12-18-37(35)44-39-24-33(23-38(43-36)40(39)41)42(31-15-13-27-7-3-5-9-29(27)21-31)32-16-14-28-8-4-6-10-30(28)22-32/h2*5-24H,1-4H3;3-24H,1-2H3.